The van der Waals surface area contributed by atoms with Crippen LogP contribution in [-0.4, -0.2) is 170 Å². The van der Waals surface area contributed by atoms with Gasteiger partial charge in [0.2, 0.25) is 23.6 Å². The van der Waals surface area contributed by atoms with Gasteiger partial charge in [-0.25, -0.2) is 36.8 Å². The van der Waals surface area contributed by atoms with Crippen LogP contribution in [-0.2, 0) is 38.9 Å². The summed E-state index contributed by atoms with van der Waals surface area (Å²) in [5, 5.41) is 66.2. The standard InChI is InChI=1S/C14H16N6O5S.C14H16N6O4S.C14H16N6O2.C12H12ClN5O.C6H10.C2H5NO/c1-8(21)16-11-7-9(12(19-18-11)14(22)15-2)17-13-10(26(3,24)25)5-4-6-20(13)23;1-8(21)17-11-7-9(12(20-19-11)14(22)15-2)18-13-10(25(3,23)24)5-4-6-16-13;1-8-5-4-6-16-13(8)18-10-7-11(17-9(2)21)19-20-12(10)14(22)15-3;1-7-4-3-5-15-11(7)16-8-6-9(13)17-18-10(8)12(19)14-2;1-2-4-6-5-3-1;1-2(3)4/h4-7,23H,1-3H3,(H,15,22)(H,16,18,21);4-7H,1-3H3,(H,15,22)(H2,16,17,18,19,21);4-7H,1-3H3,(H,15,22)(H2,16,17,18,19,21);3-6H,1-2H3,(H,14,19)(H,15,16,17);1-2H,3-6H2;1H3,(H2,3,4). The molecule has 0 saturated carbocycles. The Labute approximate surface area is 590 Å². The Morgan fingerprint density at radius 2 is 0.853 bits per heavy atom. The molecule has 0 unspecified atom stereocenters. The van der Waals surface area contributed by atoms with Crippen molar-refractivity contribution < 1.29 is 60.4 Å². The molecule has 0 saturated heterocycles. The first-order valence-corrected chi connectivity index (χ1v) is 34.1. The van der Waals surface area contributed by atoms with E-state index in [4.69, 9.17) is 11.6 Å². The summed E-state index contributed by atoms with van der Waals surface area (Å²) >= 11 is 5.80. The fourth-order valence-electron chi connectivity index (χ4n) is 7.91. The number of hydrogen-bond donors (Lipinski definition) is 12. The number of halogens is 1. The molecular formula is C62H75ClN24O13S2. The number of aromatic nitrogens is 12. The number of hydrogen-bond acceptors (Lipinski definition) is 28. The fourth-order valence-corrected chi connectivity index (χ4v) is 9.63. The number of anilines is 9. The van der Waals surface area contributed by atoms with Crippen LogP contribution in [0.5, 0.6) is 0 Å². The van der Waals surface area contributed by atoms with E-state index < -0.39 is 43.3 Å². The largest absolute Gasteiger partial charge is 0.427 e. The van der Waals surface area contributed by atoms with Gasteiger partial charge in [0, 0.05) is 117 Å². The van der Waals surface area contributed by atoms with Crippen LogP contribution in [0.25, 0.3) is 0 Å². The Balaban J connectivity index is 0.000000276. The monoisotopic (exact) mass is 1460 g/mol. The van der Waals surface area contributed by atoms with Crippen LogP contribution in [0.15, 0.2) is 125 Å². The number of nitrogens with one attached hydrogen (secondary N) is 10. The molecule has 0 aliphatic heterocycles. The van der Waals surface area contributed by atoms with E-state index in [1.807, 2.05) is 38.1 Å². The van der Waals surface area contributed by atoms with Gasteiger partial charge < -0.3 is 64.1 Å². The van der Waals surface area contributed by atoms with Gasteiger partial charge in [-0.1, -0.05) is 35.9 Å². The number of aryl methyl sites for hydroxylation is 2. The molecular weight excluding hydrogens is 1390 g/mol. The number of sulfone groups is 2. The van der Waals surface area contributed by atoms with Crippen molar-refractivity contribution in [1.82, 2.24) is 81.7 Å². The molecule has 8 heterocycles. The number of carbonyl (C=O) groups excluding carboxylic acids is 8. The van der Waals surface area contributed by atoms with Crippen molar-refractivity contribution >= 4 is 136 Å². The van der Waals surface area contributed by atoms with Crippen LogP contribution in [0.4, 0.5) is 57.7 Å². The van der Waals surface area contributed by atoms with E-state index in [1.54, 1.807) is 12.4 Å². The van der Waals surface area contributed by atoms with Gasteiger partial charge in [0.25, 0.3) is 23.6 Å². The van der Waals surface area contributed by atoms with E-state index in [2.05, 4.69) is 132 Å². The number of allylic oxidation sites excluding steroid dienone is 2. The molecule has 13 N–H and O–H groups in total. The van der Waals surface area contributed by atoms with Crippen LogP contribution in [0.1, 0.15) is 106 Å². The van der Waals surface area contributed by atoms with Crippen LogP contribution < -0.4 is 64.4 Å². The fraction of sp³-hybridized carbons (Fsp3) is 0.258. The maximum Gasteiger partial charge on any atom is 0.273 e. The highest BCUT2D eigenvalue weighted by molar-refractivity contribution is 7.91. The molecule has 8 amide bonds. The molecule has 9 rings (SSSR count). The van der Waals surface area contributed by atoms with Crippen molar-refractivity contribution in [3.8, 4) is 0 Å². The van der Waals surface area contributed by atoms with Gasteiger partial charge in [0.15, 0.2) is 70.5 Å². The Morgan fingerprint density at radius 3 is 1.24 bits per heavy atom. The zero-order valence-corrected chi connectivity index (χ0v) is 59.5. The van der Waals surface area contributed by atoms with Crippen molar-refractivity contribution in [2.75, 3.05) is 72.6 Å². The van der Waals surface area contributed by atoms with E-state index in [0.29, 0.717) is 27.7 Å². The lowest BCUT2D eigenvalue weighted by molar-refractivity contribution is -0.116. The SMILES string of the molecule is C1=CCCCC1.CC(N)=O.CNC(=O)c1nnc(Cl)cc1Nc1ncccc1C.CNC(=O)c1nnc(NC(C)=O)cc1N=c1c(S(C)(=O)=O)cccn1O.CNC(=O)c1nnc(NC(C)=O)cc1Nc1ncccc1C.CNC(=O)c1nnc(NC(C)=O)cc1Nc1ncccc1S(C)(=O)=O. The van der Waals surface area contributed by atoms with Crippen LogP contribution in [0.3, 0.4) is 0 Å². The summed E-state index contributed by atoms with van der Waals surface area (Å²) in [5.74, 6) is -1.72. The molecule has 0 bridgehead atoms. The van der Waals surface area contributed by atoms with Gasteiger partial charge in [0.05, 0.1) is 17.1 Å². The molecule has 0 atom stereocenters. The van der Waals surface area contributed by atoms with Crippen molar-refractivity contribution in [2.45, 2.75) is 77.0 Å². The van der Waals surface area contributed by atoms with E-state index in [1.165, 1.54) is 142 Å². The minimum absolute atomic E-state index is 0.00484. The predicted octanol–water partition coefficient (Wildman–Crippen LogP) is 4.59. The Kier molecular flexibility index (Phi) is 32.1. The second-order valence-corrected chi connectivity index (χ2v) is 25.2. The third-order valence-electron chi connectivity index (χ3n) is 12.5. The van der Waals surface area contributed by atoms with Gasteiger partial charge in [-0.2, -0.15) is 4.73 Å². The molecule has 0 aromatic carbocycles. The van der Waals surface area contributed by atoms with Gasteiger partial charge in [0.1, 0.15) is 32.9 Å². The number of nitrogens with two attached hydrogens (primary N) is 1. The van der Waals surface area contributed by atoms with Crippen LogP contribution in [0.2, 0.25) is 5.15 Å². The van der Waals surface area contributed by atoms with Crippen LogP contribution >= 0.6 is 11.6 Å². The number of carbonyl (C=O) groups is 8. The van der Waals surface area contributed by atoms with E-state index in [-0.39, 0.29) is 101 Å². The molecule has 102 heavy (non-hydrogen) atoms. The highest BCUT2D eigenvalue weighted by Gasteiger charge is 2.22. The number of primary amides is 1. The maximum atomic E-state index is 12.0. The molecule has 8 aromatic heterocycles. The number of nitrogens with zero attached hydrogens (tertiary/aromatic N) is 13. The summed E-state index contributed by atoms with van der Waals surface area (Å²) < 4.78 is 48.1. The molecule has 1 aliphatic carbocycles. The Hall–Kier alpha value is -12.4. The molecule has 0 fully saturated rings. The average molecular weight is 1460 g/mol. The predicted molar refractivity (Wildman–Crippen MR) is 377 cm³/mol. The summed E-state index contributed by atoms with van der Waals surface area (Å²) in [7, 11) is -1.47. The first-order chi connectivity index (χ1) is 48.2. The Bertz CT molecular complexity index is 4690. The number of amides is 8. The lowest BCUT2D eigenvalue weighted by Crippen LogP contribution is -2.26. The zero-order chi connectivity index (χ0) is 75.9. The quantitative estimate of drug-likeness (QED) is 0.0465. The van der Waals surface area contributed by atoms with Crippen molar-refractivity contribution in [1.29, 1.82) is 0 Å². The van der Waals surface area contributed by atoms with Crippen molar-refractivity contribution in [2.24, 2.45) is 10.7 Å². The third-order valence-corrected chi connectivity index (χ3v) is 14.9. The normalized spacial score (nSPS) is 11.2. The molecule has 37 nitrogen and oxygen atoms in total. The molecule has 40 heteroatoms. The van der Waals surface area contributed by atoms with E-state index >= 15 is 0 Å². The smallest absolute Gasteiger partial charge is 0.273 e. The highest BCUT2D eigenvalue weighted by Crippen LogP contribution is 2.28. The zero-order valence-electron chi connectivity index (χ0n) is 57.2. The minimum Gasteiger partial charge on any atom is -0.427 e. The average Bonchev–Trinajstić information content (AvgIpc) is 0.792. The van der Waals surface area contributed by atoms with Gasteiger partial charge >= 0.3 is 0 Å². The van der Waals surface area contributed by atoms with Crippen LogP contribution in [0, 0.1) is 13.8 Å². The molecule has 540 valence electrons. The first kappa shape index (κ1) is 82.0. The van der Waals surface area contributed by atoms with Gasteiger partial charge in [-0.05, 0) is 87.1 Å². The lowest BCUT2D eigenvalue weighted by Gasteiger charge is -2.13. The molecule has 0 radical (unpaired) electrons. The second-order valence-electron chi connectivity index (χ2n) is 20.9. The summed E-state index contributed by atoms with van der Waals surface area (Å²) in [6.07, 6.45) is 17.9. The summed E-state index contributed by atoms with van der Waals surface area (Å²) in [6.45, 7) is 9.02. The number of pyridine rings is 4. The Morgan fingerprint density at radius 1 is 0.500 bits per heavy atom. The van der Waals surface area contributed by atoms with Crippen molar-refractivity contribution in [3.63, 3.8) is 0 Å². The molecule has 1 aliphatic rings. The second kappa shape index (κ2) is 39.9. The summed E-state index contributed by atoms with van der Waals surface area (Å²) in [6, 6.07) is 18.5. The topological polar surface area (TPSA) is 530 Å². The molecule has 8 aromatic rings. The first-order valence-electron chi connectivity index (χ1n) is 29.9. The maximum absolute atomic E-state index is 12.0. The number of rotatable bonds is 16. The highest BCUT2D eigenvalue weighted by atomic mass is 35.5. The van der Waals surface area contributed by atoms with Gasteiger partial charge in [-0.15, -0.1) is 40.8 Å². The minimum atomic E-state index is -3.72. The van der Waals surface area contributed by atoms with Gasteiger partial charge in [-0.3, -0.25) is 38.4 Å². The van der Waals surface area contributed by atoms with E-state index in [0.717, 1.165) is 23.6 Å². The lowest BCUT2D eigenvalue weighted by atomic mass is 10.1. The van der Waals surface area contributed by atoms with E-state index in [9.17, 15) is 60.4 Å². The summed E-state index contributed by atoms with van der Waals surface area (Å²) in [4.78, 5) is 106. The summed E-state index contributed by atoms with van der Waals surface area (Å²) in [5.41, 5.74) is 6.87. The van der Waals surface area contributed by atoms with Crippen molar-refractivity contribution in [3.05, 3.63) is 154 Å². The molecule has 0 spiro atoms. The third kappa shape index (κ3) is 26.8.